The van der Waals surface area contributed by atoms with Crippen LogP contribution in [0.5, 0.6) is 5.75 Å². The van der Waals surface area contributed by atoms with Gasteiger partial charge in [-0.2, -0.15) is 0 Å². The maximum absolute atomic E-state index is 12.4. The van der Waals surface area contributed by atoms with E-state index in [1.807, 2.05) is 0 Å². The number of aryl methyl sites for hydroxylation is 1. The number of carbonyl (C=O) groups is 1. The normalized spacial score (nSPS) is 12.0. The van der Waals surface area contributed by atoms with E-state index in [9.17, 15) is 26.4 Å². The van der Waals surface area contributed by atoms with E-state index < -0.39 is 28.0 Å². The minimum absolute atomic E-state index is 0.0141. The molecular formula is C18H20F3N3O4S. The van der Waals surface area contributed by atoms with Gasteiger partial charge >= 0.3 is 6.36 Å². The molecule has 2 rings (SSSR count). The highest BCUT2D eigenvalue weighted by molar-refractivity contribution is 7.89. The molecule has 0 unspecified atom stereocenters. The Morgan fingerprint density at radius 1 is 1.14 bits per heavy atom. The van der Waals surface area contributed by atoms with Crippen LogP contribution in [0, 0.1) is 6.92 Å². The van der Waals surface area contributed by atoms with Crippen molar-refractivity contribution in [3.8, 4) is 5.75 Å². The van der Waals surface area contributed by atoms with Gasteiger partial charge in [0.2, 0.25) is 15.9 Å². The second kappa shape index (κ2) is 8.70. The zero-order valence-corrected chi connectivity index (χ0v) is 16.7. The monoisotopic (exact) mass is 431 g/mol. The standard InChI is InChI=1S/C18H20F3N3O4S/c1-12-8-9-13(10-16(12)29(26,27)24(2)3)23-17(25)11-22-14-6-4-5-7-15(14)28-18(19,20)21/h4-10,22H,11H2,1-3H3,(H,23,25). The molecule has 0 fully saturated rings. The minimum Gasteiger partial charge on any atom is -0.404 e. The highest BCUT2D eigenvalue weighted by Gasteiger charge is 2.32. The smallest absolute Gasteiger partial charge is 0.404 e. The molecule has 158 valence electrons. The SMILES string of the molecule is Cc1ccc(NC(=O)CNc2ccccc2OC(F)(F)F)cc1S(=O)(=O)N(C)C. The van der Waals surface area contributed by atoms with Crippen molar-refractivity contribution in [3.05, 3.63) is 48.0 Å². The molecule has 0 aliphatic heterocycles. The van der Waals surface area contributed by atoms with Gasteiger partial charge in [0.1, 0.15) is 0 Å². The number of hydrogen-bond donors (Lipinski definition) is 2. The fraction of sp³-hybridized carbons (Fsp3) is 0.278. The van der Waals surface area contributed by atoms with Gasteiger partial charge in [-0.1, -0.05) is 18.2 Å². The summed E-state index contributed by atoms with van der Waals surface area (Å²) in [6.45, 7) is 1.27. The number of nitrogens with one attached hydrogen (secondary N) is 2. The number of hydrogen-bond acceptors (Lipinski definition) is 5. The molecule has 0 bridgehead atoms. The summed E-state index contributed by atoms with van der Waals surface area (Å²) in [4.78, 5) is 12.2. The van der Waals surface area contributed by atoms with Gasteiger partial charge in [-0.15, -0.1) is 13.2 Å². The van der Waals surface area contributed by atoms with Crippen LogP contribution in [0.25, 0.3) is 0 Å². The number of anilines is 2. The Morgan fingerprint density at radius 2 is 1.79 bits per heavy atom. The van der Waals surface area contributed by atoms with Gasteiger partial charge in [0.05, 0.1) is 17.1 Å². The first-order valence-electron chi connectivity index (χ1n) is 8.32. The lowest BCUT2D eigenvalue weighted by Crippen LogP contribution is -2.25. The number of rotatable bonds is 7. The minimum atomic E-state index is -4.86. The quantitative estimate of drug-likeness (QED) is 0.703. The third-order valence-corrected chi connectivity index (χ3v) is 5.74. The van der Waals surface area contributed by atoms with Crippen LogP contribution < -0.4 is 15.4 Å². The van der Waals surface area contributed by atoms with Gasteiger partial charge < -0.3 is 15.4 Å². The summed E-state index contributed by atoms with van der Waals surface area (Å²) in [5.74, 6) is -1.05. The van der Waals surface area contributed by atoms with Crippen LogP contribution in [0.1, 0.15) is 5.56 Å². The molecule has 2 aromatic carbocycles. The fourth-order valence-corrected chi connectivity index (χ4v) is 3.50. The molecule has 0 aromatic heterocycles. The van der Waals surface area contributed by atoms with Crippen LogP contribution in [0.2, 0.25) is 0 Å². The molecule has 0 aliphatic carbocycles. The Labute approximate surface area is 166 Å². The third kappa shape index (κ3) is 6.09. The van der Waals surface area contributed by atoms with Crippen molar-refractivity contribution in [3.63, 3.8) is 0 Å². The molecule has 11 heteroatoms. The molecular weight excluding hydrogens is 411 g/mol. The molecule has 1 amide bonds. The van der Waals surface area contributed by atoms with E-state index >= 15 is 0 Å². The summed E-state index contributed by atoms with van der Waals surface area (Å²) < 4.78 is 67.0. The first kappa shape index (κ1) is 22.5. The highest BCUT2D eigenvalue weighted by atomic mass is 32.2. The lowest BCUT2D eigenvalue weighted by Gasteiger charge is -2.16. The molecule has 2 aromatic rings. The number of amides is 1. The summed E-state index contributed by atoms with van der Waals surface area (Å²) in [5.41, 5.74) is 0.732. The van der Waals surface area contributed by atoms with Crippen LogP contribution in [-0.2, 0) is 14.8 Å². The topological polar surface area (TPSA) is 87.7 Å². The summed E-state index contributed by atoms with van der Waals surface area (Å²) in [5, 5.41) is 5.08. The van der Waals surface area contributed by atoms with Crippen LogP contribution in [0.3, 0.4) is 0 Å². The molecule has 0 atom stereocenters. The van der Waals surface area contributed by atoms with E-state index in [-0.39, 0.29) is 22.8 Å². The number of halogens is 3. The van der Waals surface area contributed by atoms with Gasteiger partial charge in [-0.3, -0.25) is 4.79 Å². The fourth-order valence-electron chi connectivity index (χ4n) is 2.36. The van der Waals surface area contributed by atoms with Crippen molar-refractivity contribution >= 4 is 27.3 Å². The molecule has 0 heterocycles. The van der Waals surface area contributed by atoms with E-state index in [1.165, 1.54) is 44.4 Å². The molecule has 0 aliphatic rings. The zero-order valence-electron chi connectivity index (χ0n) is 15.9. The lowest BCUT2D eigenvalue weighted by atomic mass is 10.2. The van der Waals surface area contributed by atoms with Gasteiger partial charge in [0.15, 0.2) is 5.75 Å². The second-order valence-corrected chi connectivity index (χ2v) is 8.33. The number of ether oxygens (including phenoxy) is 1. The summed E-state index contributed by atoms with van der Waals surface area (Å²) >= 11 is 0. The number of alkyl halides is 3. The van der Waals surface area contributed by atoms with Crippen molar-refractivity contribution < 1.29 is 31.1 Å². The molecule has 2 N–H and O–H groups in total. The third-order valence-electron chi connectivity index (χ3n) is 3.78. The van der Waals surface area contributed by atoms with Crippen LogP contribution in [-0.4, -0.2) is 45.6 Å². The Bertz CT molecular complexity index is 992. The van der Waals surface area contributed by atoms with E-state index in [1.54, 1.807) is 13.0 Å². The number of sulfonamides is 1. The first-order chi connectivity index (χ1) is 13.4. The van der Waals surface area contributed by atoms with Crippen LogP contribution >= 0.6 is 0 Å². The Morgan fingerprint density at radius 3 is 2.41 bits per heavy atom. The summed E-state index contributed by atoms with van der Waals surface area (Å²) in [7, 11) is -0.914. The Balaban J connectivity index is 2.10. The number of benzene rings is 2. The van der Waals surface area contributed by atoms with Crippen molar-refractivity contribution in [2.45, 2.75) is 18.2 Å². The van der Waals surface area contributed by atoms with Crippen LogP contribution in [0.4, 0.5) is 24.5 Å². The summed E-state index contributed by atoms with van der Waals surface area (Å²) in [6, 6.07) is 9.71. The average molecular weight is 431 g/mol. The summed E-state index contributed by atoms with van der Waals surface area (Å²) in [6.07, 6.45) is -4.86. The Kier molecular flexibility index (Phi) is 6.75. The maximum atomic E-state index is 12.4. The van der Waals surface area contributed by atoms with Crippen molar-refractivity contribution in [1.82, 2.24) is 4.31 Å². The van der Waals surface area contributed by atoms with E-state index in [0.717, 1.165) is 10.4 Å². The molecule has 0 saturated heterocycles. The molecule has 0 saturated carbocycles. The zero-order chi connectivity index (χ0) is 21.8. The van der Waals surface area contributed by atoms with Crippen molar-refractivity contribution in [1.29, 1.82) is 0 Å². The van der Waals surface area contributed by atoms with Crippen molar-refractivity contribution in [2.75, 3.05) is 31.3 Å². The molecule has 7 nitrogen and oxygen atoms in total. The average Bonchev–Trinajstić information content (AvgIpc) is 2.61. The van der Waals surface area contributed by atoms with Gasteiger partial charge in [0, 0.05) is 19.8 Å². The molecule has 0 radical (unpaired) electrons. The first-order valence-corrected chi connectivity index (χ1v) is 9.76. The van der Waals surface area contributed by atoms with E-state index in [0.29, 0.717) is 5.56 Å². The van der Waals surface area contributed by atoms with Gasteiger partial charge in [0.25, 0.3) is 0 Å². The number of para-hydroxylation sites is 2. The Hall–Kier alpha value is -2.79. The van der Waals surface area contributed by atoms with E-state index in [2.05, 4.69) is 15.4 Å². The highest BCUT2D eigenvalue weighted by Crippen LogP contribution is 2.29. The predicted octanol–water partition coefficient (Wildman–Crippen LogP) is 3.19. The maximum Gasteiger partial charge on any atom is 0.573 e. The van der Waals surface area contributed by atoms with Gasteiger partial charge in [-0.25, -0.2) is 12.7 Å². The largest absolute Gasteiger partial charge is 0.573 e. The van der Waals surface area contributed by atoms with Crippen molar-refractivity contribution in [2.24, 2.45) is 0 Å². The molecule has 0 spiro atoms. The number of nitrogens with zero attached hydrogens (tertiary/aromatic N) is 1. The lowest BCUT2D eigenvalue weighted by molar-refractivity contribution is -0.274. The second-order valence-electron chi connectivity index (χ2n) is 6.21. The molecule has 29 heavy (non-hydrogen) atoms. The number of carbonyl (C=O) groups excluding carboxylic acids is 1. The predicted molar refractivity (Wildman–Crippen MR) is 102 cm³/mol. The van der Waals surface area contributed by atoms with Gasteiger partial charge in [-0.05, 0) is 36.8 Å². The van der Waals surface area contributed by atoms with Crippen LogP contribution in [0.15, 0.2) is 47.4 Å². The van der Waals surface area contributed by atoms with E-state index in [4.69, 9.17) is 0 Å².